The molecule has 4 N–H and O–H groups in total. The Morgan fingerprint density at radius 3 is 2.06 bits per heavy atom. The lowest BCUT2D eigenvalue weighted by molar-refractivity contribution is 0.589. The van der Waals surface area contributed by atoms with Gasteiger partial charge in [0.2, 0.25) is 16.6 Å². The van der Waals surface area contributed by atoms with E-state index in [1.54, 1.807) is 14.1 Å². The fourth-order valence-electron chi connectivity index (χ4n) is 1.04. The molecule has 0 amide bonds. The lowest BCUT2D eigenvalue weighted by atomic mass is 10.3. The number of hydrogen-bond donors (Lipinski definition) is 3. The van der Waals surface area contributed by atoms with Crippen molar-refractivity contribution in [3.63, 3.8) is 0 Å². The minimum atomic E-state index is -3.68. The molecule has 0 bridgehead atoms. The maximum Gasteiger partial charge on any atom is 0.247 e. The SMILES string of the molecule is CNP(=S)(NC)Oc1ccc(S(N)(=O)=O)cc1. The van der Waals surface area contributed by atoms with E-state index in [1.165, 1.54) is 24.3 Å². The van der Waals surface area contributed by atoms with Crippen LogP contribution in [0.2, 0.25) is 0 Å². The van der Waals surface area contributed by atoms with E-state index in [2.05, 4.69) is 10.2 Å². The molecule has 0 radical (unpaired) electrons. The molecule has 0 spiro atoms. The van der Waals surface area contributed by atoms with Crippen molar-refractivity contribution in [2.45, 2.75) is 4.90 Å². The van der Waals surface area contributed by atoms with E-state index in [0.717, 1.165) is 0 Å². The van der Waals surface area contributed by atoms with Gasteiger partial charge in [0.05, 0.1) is 4.90 Å². The van der Waals surface area contributed by atoms with E-state index < -0.39 is 16.6 Å². The Balaban J connectivity index is 2.93. The maximum atomic E-state index is 11.0. The van der Waals surface area contributed by atoms with Crippen molar-refractivity contribution in [1.82, 2.24) is 10.2 Å². The summed E-state index contributed by atoms with van der Waals surface area (Å²) >= 11 is 5.22. The van der Waals surface area contributed by atoms with Crippen molar-refractivity contribution in [3.8, 4) is 5.75 Å². The number of primary sulfonamides is 1. The number of nitrogens with one attached hydrogen (secondary N) is 2. The van der Waals surface area contributed by atoms with Crippen LogP contribution in [0.25, 0.3) is 0 Å². The molecule has 6 nitrogen and oxygen atoms in total. The predicted molar refractivity (Wildman–Crippen MR) is 70.8 cm³/mol. The third kappa shape index (κ3) is 4.02. The molecule has 1 aromatic rings. The Hall–Kier alpha value is -0.500. The minimum absolute atomic E-state index is 0.0343. The van der Waals surface area contributed by atoms with Crippen molar-refractivity contribution in [3.05, 3.63) is 24.3 Å². The van der Waals surface area contributed by atoms with Gasteiger partial charge in [0.1, 0.15) is 5.75 Å². The van der Waals surface area contributed by atoms with Gasteiger partial charge in [-0.05, 0) is 50.2 Å². The largest absolute Gasteiger partial charge is 0.441 e. The average Bonchev–Trinajstić information content (AvgIpc) is 2.28. The van der Waals surface area contributed by atoms with Gasteiger partial charge in [0.25, 0.3) is 0 Å². The molecular weight excluding hydrogens is 281 g/mol. The summed E-state index contributed by atoms with van der Waals surface area (Å²) in [5.41, 5.74) is 0. The number of benzene rings is 1. The third-order valence-corrected chi connectivity index (χ3v) is 5.87. The Labute approximate surface area is 106 Å². The van der Waals surface area contributed by atoms with Gasteiger partial charge in [-0.25, -0.2) is 23.7 Å². The highest BCUT2D eigenvalue weighted by Crippen LogP contribution is 2.37. The smallest absolute Gasteiger partial charge is 0.247 e. The lowest BCUT2D eigenvalue weighted by Crippen LogP contribution is -2.19. The monoisotopic (exact) mass is 295 g/mol. The molecule has 0 aromatic heterocycles. The molecule has 1 aromatic carbocycles. The number of rotatable bonds is 5. The van der Waals surface area contributed by atoms with Gasteiger partial charge in [-0.15, -0.1) is 0 Å². The van der Waals surface area contributed by atoms with Crippen LogP contribution in [0, 0.1) is 0 Å². The first kappa shape index (κ1) is 14.6. The van der Waals surface area contributed by atoms with Crippen LogP contribution < -0.4 is 19.8 Å². The Kier molecular flexibility index (Phi) is 4.65. The van der Waals surface area contributed by atoms with Crippen LogP contribution in [0.4, 0.5) is 0 Å². The zero-order valence-electron chi connectivity index (χ0n) is 9.38. The molecular formula is C8H14N3O3PS2. The summed E-state index contributed by atoms with van der Waals surface area (Å²) in [6, 6.07) is 5.76. The van der Waals surface area contributed by atoms with Crippen molar-refractivity contribution in [1.29, 1.82) is 0 Å². The van der Waals surface area contributed by atoms with Crippen LogP contribution in [-0.2, 0) is 21.8 Å². The van der Waals surface area contributed by atoms with Crippen LogP contribution in [0.15, 0.2) is 29.2 Å². The van der Waals surface area contributed by atoms with Gasteiger partial charge in [-0.2, -0.15) is 0 Å². The number of nitrogens with two attached hydrogens (primary N) is 1. The van der Waals surface area contributed by atoms with Gasteiger partial charge in [-0.3, -0.25) is 0 Å². The topological polar surface area (TPSA) is 93.4 Å². The average molecular weight is 295 g/mol. The molecule has 0 heterocycles. The molecule has 0 aliphatic heterocycles. The normalized spacial score (nSPS) is 12.4. The fraction of sp³-hybridized carbons (Fsp3) is 0.250. The van der Waals surface area contributed by atoms with Crippen molar-refractivity contribution in [2.75, 3.05) is 14.1 Å². The van der Waals surface area contributed by atoms with Crippen LogP contribution in [0.3, 0.4) is 0 Å². The quantitative estimate of drug-likeness (QED) is 0.680. The summed E-state index contributed by atoms with van der Waals surface area (Å²) in [6.45, 7) is -2.31. The van der Waals surface area contributed by atoms with Crippen LogP contribution in [-0.4, -0.2) is 22.5 Å². The van der Waals surface area contributed by atoms with E-state index >= 15 is 0 Å². The molecule has 1 rings (SSSR count). The summed E-state index contributed by atoms with van der Waals surface area (Å²) in [5.74, 6) is 0.476. The third-order valence-electron chi connectivity index (χ3n) is 1.97. The van der Waals surface area contributed by atoms with Crippen LogP contribution in [0.5, 0.6) is 5.75 Å². The maximum absolute atomic E-state index is 11.0. The van der Waals surface area contributed by atoms with E-state index in [4.69, 9.17) is 21.5 Å². The molecule has 0 fully saturated rings. The predicted octanol–water partition coefficient (Wildman–Crippen LogP) is 0.376. The molecule has 0 aliphatic rings. The number of hydrogen-bond acceptors (Lipinski definition) is 4. The second kappa shape index (κ2) is 5.43. The lowest BCUT2D eigenvalue weighted by Gasteiger charge is -2.21. The first-order chi connectivity index (χ1) is 7.80. The fourth-order valence-corrected chi connectivity index (χ4v) is 2.64. The van der Waals surface area contributed by atoms with Gasteiger partial charge in [0.15, 0.2) is 0 Å². The molecule has 0 aliphatic carbocycles. The van der Waals surface area contributed by atoms with E-state index in [-0.39, 0.29) is 4.90 Å². The van der Waals surface area contributed by atoms with Gasteiger partial charge in [0, 0.05) is 0 Å². The van der Waals surface area contributed by atoms with E-state index in [1.807, 2.05) is 0 Å². The van der Waals surface area contributed by atoms with Crippen molar-refractivity contribution in [2.24, 2.45) is 5.14 Å². The molecule has 0 saturated carbocycles. The standard InChI is InChI=1S/C8H14N3O3PS2/c1-10-15(16,11-2)14-7-3-5-8(6-4-7)17(9,12)13/h3-6H,1-2H3,(H2,9,12,13)(H2,10,11,16). The van der Waals surface area contributed by atoms with Crippen LogP contribution in [0.1, 0.15) is 0 Å². The molecule has 9 heteroatoms. The molecule has 0 saturated heterocycles. The minimum Gasteiger partial charge on any atom is -0.441 e. The summed E-state index contributed by atoms with van der Waals surface area (Å²) < 4.78 is 27.6. The van der Waals surface area contributed by atoms with Crippen LogP contribution >= 0.6 is 6.57 Å². The second-order valence-electron chi connectivity index (χ2n) is 3.11. The second-order valence-corrected chi connectivity index (χ2v) is 8.39. The summed E-state index contributed by atoms with van der Waals surface area (Å²) in [4.78, 5) is 0.0343. The Bertz CT molecular complexity index is 521. The summed E-state index contributed by atoms with van der Waals surface area (Å²) in [6.07, 6.45) is 0. The zero-order chi connectivity index (χ0) is 13.1. The molecule has 0 unspecified atom stereocenters. The molecule has 0 atom stereocenters. The first-order valence-corrected chi connectivity index (χ1v) is 8.88. The highest BCUT2D eigenvalue weighted by atomic mass is 32.4. The van der Waals surface area contributed by atoms with Crippen molar-refractivity contribution < 1.29 is 12.9 Å². The first-order valence-electron chi connectivity index (χ1n) is 4.61. The Morgan fingerprint density at radius 1 is 1.24 bits per heavy atom. The van der Waals surface area contributed by atoms with E-state index in [0.29, 0.717) is 5.75 Å². The summed E-state index contributed by atoms with van der Waals surface area (Å²) in [5, 5.41) is 10.7. The van der Waals surface area contributed by atoms with Gasteiger partial charge < -0.3 is 4.52 Å². The molecule has 96 valence electrons. The number of sulfonamides is 1. The van der Waals surface area contributed by atoms with Gasteiger partial charge >= 0.3 is 0 Å². The van der Waals surface area contributed by atoms with Crippen molar-refractivity contribution >= 4 is 28.4 Å². The van der Waals surface area contributed by atoms with E-state index in [9.17, 15) is 8.42 Å². The molecule has 17 heavy (non-hydrogen) atoms. The zero-order valence-corrected chi connectivity index (χ0v) is 11.9. The van der Waals surface area contributed by atoms with Gasteiger partial charge in [-0.1, -0.05) is 0 Å². The summed E-state index contributed by atoms with van der Waals surface area (Å²) in [7, 11) is -0.297. The highest BCUT2D eigenvalue weighted by molar-refractivity contribution is 8.10. The highest BCUT2D eigenvalue weighted by Gasteiger charge is 2.14. The Morgan fingerprint density at radius 2 is 1.71 bits per heavy atom.